The number of amides is 4. The summed E-state index contributed by atoms with van der Waals surface area (Å²) in [6, 6.07) is 12.9. The fourth-order valence-electron chi connectivity index (χ4n) is 3.47. The van der Waals surface area contributed by atoms with Crippen LogP contribution in [0.3, 0.4) is 0 Å². The number of nitrogens with one attached hydrogen (secondary N) is 2. The normalized spacial score (nSPS) is 21.1. The predicted molar refractivity (Wildman–Crippen MR) is 103 cm³/mol. The van der Waals surface area contributed by atoms with Gasteiger partial charge in [0, 0.05) is 6.54 Å². The van der Waals surface area contributed by atoms with Crippen LogP contribution in [0.4, 0.5) is 4.79 Å². The van der Waals surface area contributed by atoms with Gasteiger partial charge in [0.15, 0.2) is 11.5 Å². The van der Waals surface area contributed by atoms with Crippen LogP contribution in [0, 0.1) is 0 Å². The standard InChI is InChI=1S/C21H21N3O5/c1-13(18(25)22-11-14-6-4-3-5-7-14)24-19(26)21(2,23-20(24)27)15-8-9-16-17(10-15)29-12-28-16/h3-10,13H,11-12H2,1-2H3,(H,22,25)(H,23,27)/t13-,21-/m1/s1. The Bertz CT molecular complexity index is 978. The van der Waals surface area contributed by atoms with Crippen molar-refractivity contribution in [3.05, 3.63) is 59.7 Å². The first kappa shape index (κ1) is 18.8. The maximum atomic E-state index is 13.1. The number of carbonyl (C=O) groups excluding carboxylic acids is 3. The fourth-order valence-corrected chi connectivity index (χ4v) is 3.47. The number of fused-ring (bicyclic) bond motifs is 1. The molecule has 0 saturated carbocycles. The Balaban J connectivity index is 1.50. The van der Waals surface area contributed by atoms with Crippen LogP contribution in [0.1, 0.15) is 25.0 Å². The van der Waals surface area contributed by atoms with Gasteiger partial charge < -0.3 is 20.1 Å². The Kier molecular flexibility index (Phi) is 4.62. The molecule has 1 fully saturated rings. The molecule has 2 heterocycles. The summed E-state index contributed by atoms with van der Waals surface area (Å²) in [7, 11) is 0. The van der Waals surface area contributed by atoms with E-state index in [4.69, 9.17) is 9.47 Å². The lowest BCUT2D eigenvalue weighted by Gasteiger charge is -2.24. The molecule has 1 saturated heterocycles. The summed E-state index contributed by atoms with van der Waals surface area (Å²) in [4.78, 5) is 39.3. The quantitative estimate of drug-likeness (QED) is 0.754. The van der Waals surface area contributed by atoms with Crippen molar-refractivity contribution >= 4 is 17.8 Å². The van der Waals surface area contributed by atoms with Crippen LogP contribution in [0.2, 0.25) is 0 Å². The van der Waals surface area contributed by atoms with E-state index in [1.807, 2.05) is 30.3 Å². The number of imide groups is 1. The number of urea groups is 1. The lowest BCUT2D eigenvalue weighted by atomic mass is 9.91. The van der Waals surface area contributed by atoms with Gasteiger partial charge in [0.05, 0.1) is 0 Å². The van der Waals surface area contributed by atoms with Crippen molar-refractivity contribution in [1.82, 2.24) is 15.5 Å². The van der Waals surface area contributed by atoms with E-state index in [-0.39, 0.29) is 6.79 Å². The monoisotopic (exact) mass is 395 g/mol. The van der Waals surface area contributed by atoms with Crippen molar-refractivity contribution in [3.63, 3.8) is 0 Å². The highest BCUT2D eigenvalue weighted by Crippen LogP contribution is 2.38. The summed E-state index contributed by atoms with van der Waals surface area (Å²) >= 11 is 0. The van der Waals surface area contributed by atoms with Crippen LogP contribution >= 0.6 is 0 Å². The van der Waals surface area contributed by atoms with E-state index >= 15 is 0 Å². The molecule has 2 aliphatic rings. The Labute approximate surface area is 167 Å². The Hall–Kier alpha value is -3.55. The molecule has 0 bridgehead atoms. The summed E-state index contributed by atoms with van der Waals surface area (Å²) in [5.41, 5.74) is 0.182. The van der Waals surface area contributed by atoms with Gasteiger partial charge in [-0.15, -0.1) is 0 Å². The van der Waals surface area contributed by atoms with Gasteiger partial charge in [-0.05, 0) is 37.1 Å². The van der Waals surface area contributed by atoms with Crippen molar-refractivity contribution in [3.8, 4) is 11.5 Å². The van der Waals surface area contributed by atoms with E-state index in [2.05, 4.69) is 10.6 Å². The van der Waals surface area contributed by atoms with Gasteiger partial charge in [-0.1, -0.05) is 36.4 Å². The van der Waals surface area contributed by atoms with Crippen molar-refractivity contribution in [2.45, 2.75) is 32.0 Å². The highest BCUT2D eigenvalue weighted by molar-refractivity contribution is 6.10. The molecule has 0 aromatic heterocycles. The Morgan fingerprint density at radius 3 is 2.66 bits per heavy atom. The fraction of sp³-hybridized carbons (Fsp3) is 0.286. The molecular weight excluding hydrogens is 374 g/mol. The summed E-state index contributed by atoms with van der Waals surface area (Å²) in [5, 5.41) is 5.48. The summed E-state index contributed by atoms with van der Waals surface area (Å²) in [6.07, 6.45) is 0. The molecule has 0 radical (unpaired) electrons. The first-order chi connectivity index (χ1) is 13.9. The number of ether oxygens (including phenoxy) is 2. The smallest absolute Gasteiger partial charge is 0.326 e. The number of carbonyl (C=O) groups is 3. The van der Waals surface area contributed by atoms with E-state index in [0.29, 0.717) is 23.6 Å². The molecule has 4 amide bonds. The van der Waals surface area contributed by atoms with E-state index in [1.165, 1.54) is 6.92 Å². The number of benzene rings is 2. The van der Waals surface area contributed by atoms with Crippen molar-refractivity contribution in [1.29, 1.82) is 0 Å². The minimum absolute atomic E-state index is 0.112. The molecular formula is C21H21N3O5. The number of rotatable bonds is 5. The van der Waals surface area contributed by atoms with Gasteiger partial charge in [0.25, 0.3) is 5.91 Å². The number of hydrogen-bond acceptors (Lipinski definition) is 5. The minimum Gasteiger partial charge on any atom is -0.454 e. The molecule has 2 N–H and O–H groups in total. The van der Waals surface area contributed by atoms with Crippen molar-refractivity contribution < 1.29 is 23.9 Å². The van der Waals surface area contributed by atoms with Crippen LogP contribution < -0.4 is 20.1 Å². The maximum absolute atomic E-state index is 13.1. The third kappa shape index (κ3) is 3.26. The molecule has 29 heavy (non-hydrogen) atoms. The topological polar surface area (TPSA) is 97.0 Å². The number of nitrogens with zero attached hydrogens (tertiary/aromatic N) is 1. The van der Waals surface area contributed by atoms with Crippen LogP contribution in [-0.2, 0) is 21.7 Å². The molecule has 0 spiro atoms. The van der Waals surface area contributed by atoms with Crippen LogP contribution in [0.25, 0.3) is 0 Å². The molecule has 4 rings (SSSR count). The maximum Gasteiger partial charge on any atom is 0.326 e. The van der Waals surface area contributed by atoms with Crippen molar-refractivity contribution in [2.24, 2.45) is 0 Å². The van der Waals surface area contributed by atoms with Crippen molar-refractivity contribution in [2.75, 3.05) is 6.79 Å². The van der Waals surface area contributed by atoms with Crippen LogP contribution in [-0.4, -0.2) is 35.6 Å². The molecule has 8 heteroatoms. The van der Waals surface area contributed by atoms with E-state index in [9.17, 15) is 14.4 Å². The van der Waals surface area contributed by atoms with Gasteiger partial charge in [-0.2, -0.15) is 0 Å². The average Bonchev–Trinajstić information content (AvgIpc) is 3.28. The highest BCUT2D eigenvalue weighted by atomic mass is 16.7. The predicted octanol–water partition coefficient (Wildman–Crippen LogP) is 1.89. The molecule has 0 aliphatic carbocycles. The zero-order chi connectivity index (χ0) is 20.6. The Morgan fingerprint density at radius 1 is 1.17 bits per heavy atom. The second-order valence-corrected chi connectivity index (χ2v) is 7.18. The van der Waals surface area contributed by atoms with Gasteiger partial charge in [-0.3, -0.25) is 9.59 Å². The first-order valence-corrected chi connectivity index (χ1v) is 9.28. The van der Waals surface area contributed by atoms with Gasteiger partial charge in [0.1, 0.15) is 11.6 Å². The Morgan fingerprint density at radius 2 is 1.90 bits per heavy atom. The van der Waals surface area contributed by atoms with E-state index in [1.54, 1.807) is 25.1 Å². The molecule has 8 nitrogen and oxygen atoms in total. The van der Waals surface area contributed by atoms with Gasteiger partial charge >= 0.3 is 6.03 Å². The number of hydrogen-bond donors (Lipinski definition) is 2. The molecule has 2 atom stereocenters. The average molecular weight is 395 g/mol. The van der Waals surface area contributed by atoms with E-state index in [0.717, 1.165) is 10.5 Å². The highest BCUT2D eigenvalue weighted by Gasteiger charge is 2.52. The SMILES string of the molecule is C[C@H](C(=O)NCc1ccccc1)N1C(=O)N[C@](C)(c2ccc3c(c2)OCO3)C1=O. The molecule has 2 aliphatic heterocycles. The van der Waals surface area contributed by atoms with Gasteiger partial charge in [-0.25, -0.2) is 9.69 Å². The second kappa shape index (κ2) is 7.12. The summed E-state index contributed by atoms with van der Waals surface area (Å²) < 4.78 is 10.7. The van der Waals surface area contributed by atoms with Crippen LogP contribution in [0.5, 0.6) is 11.5 Å². The first-order valence-electron chi connectivity index (χ1n) is 9.28. The molecule has 2 aromatic rings. The van der Waals surface area contributed by atoms with Crippen LogP contribution in [0.15, 0.2) is 48.5 Å². The zero-order valence-electron chi connectivity index (χ0n) is 16.1. The lowest BCUT2D eigenvalue weighted by molar-refractivity contribution is -0.137. The lowest BCUT2D eigenvalue weighted by Crippen LogP contribution is -2.49. The third-order valence-electron chi connectivity index (χ3n) is 5.25. The zero-order valence-corrected chi connectivity index (χ0v) is 16.1. The third-order valence-corrected chi connectivity index (χ3v) is 5.25. The summed E-state index contributed by atoms with van der Waals surface area (Å²) in [5.74, 6) is 0.188. The molecule has 2 aromatic carbocycles. The molecule has 150 valence electrons. The van der Waals surface area contributed by atoms with Gasteiger partial charge in [0.2, 0.25) is 12.7 Å². The molecule has 0 unspecified atom stereocenters. The van der Waals surface area contributed by atoms with E-state index < -0.39 is 29.4 Å². The summed E-state index contributed by atoms with van der Waals surface area (Å²) in [6.45, 7) is 3.57. The minimum atomic E-state index is -1.30. The second-order valence-electron chi connectivity index (χ2n) is 7.18. The largest absolute Gasteiger partial charge is 0.454 e.